The first-order chi connectivity index (χ1) is 9.66. The van der Waals surface area contributed by atoms with Gasteiger partial charge in [-0.2, -0.15) is 0 Å². The van der Waals surface area contributed by atoms with Gasteiger partial charge in [0.15, 0.2) is 0 Å². The molecule has 0 spiro atoms. The quantitative estimate of drug-likeness (QED) is 0.487. The van der Waals surface area contributed by atoms with Crippen molar-refractivity contribution in [1.29, 1.82) is 0 Å². The largest absolute Gasteiger partial charge is 0.354 e. The van der Waals surface area contributed by atoms with Crippen LogP contribution in [0.3, 0.4) is 0 Å². The maximum atomic E-state index is 10.5. The van der Waals surface area contributed by atoms with Crippen LogP contribution in [0.15, 0.2) is 12.4 Å². The molecule has 0 aliphatic carbocycles. The smallest absolute Gasteiger partial charge is 0.305 e. The second kappa shape index (κ2) is 7.14. The van der Waals surface area contributed by atoms with Crippen LogP contribution < -0.4 is 5.32 Å². The second-order valence-corrected chi connectivity index (χ2v) is 5.18. The molecule has 1 atom stereocenters. The highest BCUT2D eigenvalue weighted by Gasteiger charge is 2.17. The molecule has 1 aromatic heterocycles. The average molecular weight is 279 g/mol. The first kappa shape index (κ1) is 14.6. The molecule has 0 aromatic carbocycles. The van der Waals surface area contributed by atoms with Gasteiger partial charge in [0.05, 0.1) is 4.92 Å². The summed E-state index contributed by atoms with van der Waals surface area (Å²) in [7, 11) is 0. The van der Waals surface area contributed by atoms with Crippen LogP contribution in [-0.2, 0) is 0 Å². The number of hydrogen-bond acceptors (Lipinski definition) is 6. The summed E-state index contributed by atoms with van der Waals surface area (Å²) in [6.07, 6.45) is 7.39. The highest BCUT2D eigenvalue weighted by molar-refractivity contribution is 5.30. The summed E-state index contributed by atoms with van der Waals surface area (Å²) in [6.45, 7) is 5.32. The number of nitrogens with one attached hydrogen (secondary N) is 1. The molecule has 1 saturated heterocycles. The Balaban J connectivity index is 1.69. The topological polar surface area (TPSA) is 84.2 Å². The normalized spacial score (nSPS) is 19.8. The molecule has 0 radical (unpaired) electrons. The molecule has 0 saturated carbocycles. The number of nitrogens with zero attached hydrogens (tertiary/aromatic N) is 4. The van der Waals surface area contributed by atoms with E-state index in [-0.39, 0.29) is 5.69 Å². The molecular weight excluding hydrogens is 258 g/mol. The number of anilines is 1. The molecule has 1 unspecified atom stereocenters. The summed E-state index contributed by atoms with van der Waals surface area (Å²) >= 11 is 0. The molecule has 0 amide bonds. The van der Waals surface area contributed by atoms with E-state index in [2.05, 4.69) is 27.1 Å². The van der Waals surface area contributed by atoms with Crippen molar-refractivity contribution in [3.63, 3.8) is 0 Å². The minimum Gasteiger partial charge on any atom is -0.354 e. The number of piperidine rings is 1. The Morgan fingerprint density at radius 1 is 1.45 bits per heavy atom. The number of nitro groups is 1. The summed E-state index contributed by atoms with van der Waals surface area (Å²) < 4.78 is 0. The van der Waals surface area contributed by atoms with E-state index in [0.29, 0.717) is 12.0 Å². The maximum Gasteiger partial charge on any atom is 0.305 e. The van der Waals surface area contributed by atoms with Gasteiger partial charge in [-0.15, -0.1) is 0 Å². The molecule has 110 valence electrons. The zero-order valence-corrected chi connectivity index (χ0v) is 11.8. The van der Waals surface area contributed by atoms with Gasteiger partial charge < -0.3 is 10.2 Å². The molecule has 7 nitrogen and oxygen atoms in total. The lowest BCUT2D eigenvalue weighted by Crippen LogP contribution is -2.38. The molecule has 1 aliphatic heterocycles. The predicted molar refractivity (Wildman–Crippen MR) is 76.7 cm³/mol. The molecule has 1 aliphatic rings. The van der Waals surface area contributed by atoms with E-state index in [9.17, 15) is 10.1 Å². The standard InChI is InChI=1S/C13H21N5O2/c1-11-5-2-3-7-17(11)8-4-6-14-13-15-9-12(10-16-13)18(19)20/h9-11H,2-8H2,1H3,(H,14,15,16). The summed E-state index contributed by atoms with van der Waals surface area (Å²) in [6, 6.07) is 0.680. The first-order valence-corrected chi connectivity index (χ1v) is 7.11. The van der Waals surface area contributed by atoms with E-state index >= 15 is 0 Å². The second-order valence-electron chi connectivity index (χ2n) is 5.18. The predicted octanol–water partition coefficient (Wildman–Crippen LogP) is 2.06. The van der Waals surface area contributed by atoms with E-state index in [1.54, 1.807) is 0 Å². The monoisotopic (exact) mass is 279 g/mol. The van der Waals surface area contributed by atoms with Crippen LogP contribution in [0.4, 0.5) is 11.6 Å². The Morgan fingerprint density at radius 2 is 2.20 bits per heavy atom. The Kier molecular flexibility index (Phi) is 5.23. The third-order valence-electron chi connectivity index (χ3n) is 3.69. The van der Waals surface area contributed by atoms with E-state index in [0.717, 1.165) is 19.5 Å². The van der Waals surface area contributed by atoms with E-state index in [4.69, 9.17) is 0 Å². The van der Waals surface area contributed by atoms with E-state index < -0.39 is 4.92 Å². The summed E-state index contributed by atoms with van der Waals surface area (Å²) in [5.74, 6) is 0.447. The zero-order valence-electron chi connectivity index (χ0n) is 11.8. The van der Waals surface area contributed by atoms with Gasteiger partial charge in [-0.05, 0) is 32.7 Å². The SMILES string of the molecule is CC1CCCCN1CCCNc1ncc([N+](=O)[O-])cn1. The number of rotatable bonds is 6. The minimum absolute atomic E-state index is 0.0855. The first-order valence-electron chi connectivity index (χ1n) is 7.11. The van der Waals surface area contributed by atoms with Crippen molar-refractivity contribution in [3.05, 3.63) is 22.5 Å². The summed E-state index contributed by atoms with van der Waals surface area (Å²) in [5.41, 5.74) is -0.0855. The number of aromatic nitrogens is 2. The Labute approximate surface area is 118 Å². The van der Waals surface area contributed by atoms with Crippen LogP contribution in [0.2, 0.25) is 0 Å². The van der Waals surface area contributed by atoms with Gasteiger partial charge in [0.1, 0.15) is 12.4 Å². The summed E-state index contributed by atoms with van der Waals surface area (Å²) in [4.78, 5) is 20.3. The average Bonchev–Trinajstić information content (AvgIpc) is 2.46. The molecular formula is C13H21N5O2. The van der Waals surface area contributed by atoms with Crippen LogP contribution >= 0.6 is 0 Å². The van der Waals surface area contributed by atoms with Gasteiger partial charge in [0.25, 0.3) is 0 Å². The van der Waals surface area contributed by atoms with Crippen LogP contribution in [0.1, 0.15) is 32.6 Å². The molecule has 0 bridgehead atoms. The van der Waals surface area contributed by atoms with Crippen molar-refractivity contribution < 1.29 is 4.92 Å². The van der Waals surface area contributed by atoms with Gasteiger partial charge >= 0.3 is 5.69 Å². The lowest BCUT2D eigenvalue weighted by molar-refractivity contribution is -0.385. The van der Waals surface area contributed by atoms with Crippen LogP contribution in [0.25, 0.3) is 0 Å². The molecule has 1 aromatic rings. The van der Waals surface area contributed by atoms with Crippen molar-refractivity contribution in [1.82, 2.24) is 14.9 Å². The third-order valence-corrected chi connectivity index (χ3v) is 3.69. The number of hydrogen-bond donors (Lipinski definition) is 1. The van der Waals surface area contributed by atoms with Gasteiger partial charge in [-0.1, -0.05) is 6.42 Å². The molecule has 20 heavy (non-hydrogen) atoms. The lowest BCUT2D eigenvalue weighted by Gasteiger charge is -2.33. The van der Waals surface area contributed by atoms with E-state index in [1.165, 1.54) is 38.2 Å². The Morgan fingerprint density at radius 3 is 2.85 bits per heavy atom. The van der Waals surface area contributed by atoms with E-state index in [1.807, 2.05) is 0 Å². The van der Waals surface area contributed by atoms with Gasteiger partial charge in [0, 0.05) is 19.1 Å². The molecule has 2 rings (SSSR count). The van der Waals surface area contributed by atoms with Crippen molar-refractivity contribution in [2.45, 2.75) is 38.6 Å². The Bertz CT molecular complexity index is 437. The molecule has 2 heterocycles. The van der Waals surface area contributed by atoms with Crippen molar-refractivity contribution in [2.24, 2.45) is 0 Å². The summed E-state index contributed by atoms with van der Waals surface area (Å²) in [5, 5.41) is 13.6. The fourth-order valence-corrected chi connectivity index (χ4v) is 2.48. The number of likely N-dealkylation sites (tertiary alicyclic amines) is 1. The third kappa shape index (κ3) is 4.12. The van der Waals surface area contributed by atoms with Crippen LogP contribution in [-0.4, -0.2) is 45.5 Å². The fraction of sp³-hybridized carbons (Fsp3) is 0.692. The molecule has 1 fully saturated rings. The minimum atomic E-state index is -0.498. The highest BCUT2D eigenvalue weighted by atomic mass is 16.6. The Hall–Kier alpha value is -1.76. The zero-order chi connectivity index (χ0) is 14.4. The van der Waals surface area contributed by atoms with Crippen molar-refractivity contribution in [2.75, 3.05) is 25.0 Å². The van der Waals surface area contributed by atoms with Crippen LogP contribution in [0, 0.1) is 10.1 Å². The van der Waals surface area contributed by atoms with Crippen molar-refractivity contribution in [3.8, 4) is 0 Å². The van der Waals surface area contributed by atoms with Gasteiger partial charge in [-0.3, -0.25) is 10.1 Å². The van der Waals surface area contributed by atoms with Crippen molar-refractivity contribution >= 4 is 11.6 Å². The highest BCUT2D eigenvalue weighted by Crippen LogP contribution is 2.16. The lowest BCUT2D eigenvalue weighted by atomic mass is 10.0. The molecule has 7 heteroatoms. The molecule has 1 N–H and O–H groups in total. The maximum absolute atomic E-state index is 10.5. The van der Waals surface area contributed by atoms with Gasteiger partial charge in [-0.25, -0.2) is 9.97 Å². The fourth-order valence-electron chi connectivity index (χ4n) is 2.48. The van der Waals surface area contributed by atoms with Gasteiger partial charge in [0.2, 0.25) is 5.95 Å². The van der Waals surface area contributed by atoms with Crippen LogP contribution in [0.5, 0.6) is 0 Å².